The summed E-state index contributed by atoms with van der Waals surface area (Å²) < 4.78 is 0. The van der Waals surface area contributed by atoms with Gasteiger partial charge in [0.05, 0.1) is 6.42 Å². The zero-order chi connectivity index (χ0) is 19.8. The lowest BCUT2D eigenvalue weighted by atomic mass is 9.87. The van der Waals surface area contributed by atoms with Gasteiger partial charge in [-0.1, -0.05) is 91.0 Å². The smallest absolute Gasteiger partial charge is 0.221 e. The van der Waals surface area contributed by atoms with Crippen molar-refractivity contribution in [3.05, 3.63) is 113 Å². The van der Waals surface area contributed by atoms with Gasteiger partial charge in [0.2, 0.25) is 5.91 Å². The molecule has 138 valence electrons. The van der Waals surface area contributed by atoms with Gasteiger partial charge in [0.15, 0.2) is 0 Å². The molecule has 0 aliphatic rings. The molecule has 2 N–H and O–H groups in total. The number of primary amides is 1. The molecule has 0 aliphatic carbocycles. The van der Waals surface area contributed by atoms with Crippen LogP contribution in [0, 0.1) is 0 Å². The van der Waals surface area contributed by atoms with E-state index in [9.17, 15) is 9.59 Å². The van der Waals surface area contributed by atoms with Crippen molar-refractivity contribution in [3.8, 4) is 0 Å². The molecule has 3 aromatic rings. The molecule has 28 heavy (non-hydrogen) atoms. The molecule has 0 spiro atoms. The Morgan fingerprint density at radius 3 is 1.82 bits per heavy atom. The minimum Gasteiger partial charge on any atom is -0.369 e. The molecule has 0 fully saturated rings. The van der Waals surface area contributed by atoms with Crippen LogP contribution in [0.25, 0.3) is 17.2 Å². The highest BCUT2D eigenvalue weighted by molar-refractivity contribution is 6.04. The maximum Gasteiger partial charge on any atom is 0.221 e. The Labute approximate surface area is 164 Å². The summed E-state index contributed by atoms with van der Waals surface area (Å²) in [5, 5.41) is 0. The minimum absolute atomic E-state index is 0.140. The lowest BCUT2D eigenvalue weighted by Gasteiger charge is -2.17. The fourth-order valence-electron chi connectivity index (χ4n) is 3.18. The zero-order valence-electron chi connectivity index (χ0n) is 15.4. The quantitative estimate of drug-likeness (QED) is 0.373. The van der Waals surface area contributed by atoms with Gasteiger partial charge in [-0.3, -0.25) is 9.59 Å². The lowest BCUT2D eigenvalue weighted by molar-refractivity contribution is -0.117. The zero-order valence-corrected chi connectivity index (χ0v) is 15.4. The van der Waals surface area contributed by atoms with Gasteiger partial charge < -0.3 is 5.73 Å². The van der Waals surface area contributed by atoms with Crippen LogP contribution in [0.15, 0.2) is 91.0 Å². The van der Waals surface area contributed by atoms with E-state index < -0.39 is 0 Å². The van der Waals surface area contributed by atoms with Crippen LogP contribution < -0.4 is 5.73 Å². The van der Waals surface area contributed by atoms with E-state index in [0.717, 1.165) is 39.7 Å². The highest BCUT2D eigenvalue weighted by Gasteiger charge is 2.15. The van der Waals surface area contributed by atoms with Crippen LogP contribution in [-0.4, -0.2) is 12.2 Å². The largest absolute Gasteiger partial charge is 0.369 e. The Hall–Kier alpha value is -3.72. The summed E-state index contributed by atoms with van der Waals surface area (Å²) in [6.07, 6.45) is 4.11. The van der Waals surface area contributed by atoms with Crippen molar-refractivity contribution in [1.82, 2.24) is 0 Å². The fraction of sp³-hybridized carbons (Fsp3) is 0.0400. The van der Waals surface area contributed by atoms with Crippen LogP contribution in [0.3, 0.4) is 0 Å². The number of hydrogen-bond donors (Lipinski definition) is 1. The third-order valence-corrected chi connectivity index (χ3v) is 4.40. The van der Waals surface area contributed by atoms with E-state index >= 15 is 0 Å². The maximum absolute atomic E-state index is 11.9. The molecule has 0 bridgehead atoms. The first-order valence-electron chi connectivity index (χ1n) is 9.03. The number of amides is 1. The van der Waals surface area contributed by atoms with Gasteiger partial charge in [-0.05, 0) is 39.5 Å². The van der Waals surface area contributed by atoms with Crippen LogP contribution in [0.4, 0.5) is 0 Å². The third-order valence-electron chi connectivity index (χ3n) is 4.40. The molecule has 3 rings (SSSR count). The van der Waals surface area contributed by atoms with Crippen LogP contribution in [0.2, 0.25) is 0 Å². The van der Waals surface area contributed by atoms with Crippen LogP contribution >= 0.6 is 0 Å². The van der Waals surface area contributed by atoms with Crippen molar-refractivity contribution in [2.24, 2.45) is 5.73 Å². The van der Waals surface area contributed by atoms with Crippen LogP contribution in [-0.2, 0) is 9.59 Å². The van der Waals surface area contributed by atoms with E-state index in [2.05, 4.69) is 0 Å². The third kappa shape index (κ3) is 4.71. The van der Waals surface area contributed by atoms with Gasteiger partial charge in [-0.2, -0.15) is 0 Å². The topological polar surface area (TPSA) is 60.2 Å². The second-order valence-corrected chi connectivity index (χ2v) is 6.35. The SMILES string of the molecule is NC(=O)C/C(=C(\c1ccccc1)c1ccc(C=CC=O)cc1)c1ccccc1. The Morgan fingerprint density at radius 1 is 0.750 bits per heavy atom. The standard InChI is InChI=1S/C25H21NO2/c26-24(28)18-23(20-9-3-1-4-10-20)25(21-11-5-2-6-12-21)22-15-13-19(14-16-22)8-7-17-27/h1-17H,18H2,(H2,26,28)/b8-7?,25-23-. The van der Waals surface area contributed by atoms with Crippen LogP contribution in [0.5, 0.6) is 0 Å². The molecule has 0 unspecified atom stereocenters. The lowest BCUT2D eigenvalue weighted by Crippen LogP contribution is -2.12. The average Bonchev–Trinajstić information content (AvgIpc) is 2.74. The number of rotatable bonds is 7. The van der Waals surface area contributed by atoms with Crippen molar-refractivity contribution in [1.29, 1.82) is 0 Å². The van der Waals surface area contributed by atoms with Gasteiger partial charge in [0.1, 0.15) is 6.29 Å². The number of aldehydes is 1. The first-order chi connectivity index (χ1) is 13.7. The van der Waals surface area contributed by atoms with E-state index in [1.165, 1.54) is 6.08 Å². The molecule has 1 amide bonds. The summed E-state index contributed by atoms with van der Waals surface area (Å²) in [6.45, 7) is 0. The van der Waals surface area contributed by atoms with E-state index in [4.69, 9.17) is 5.73 Å². The molecule has 0 aliphatic heterocycles. The molecule has 3 heteroatoms. The molecule has 0 atom stereocenters. The first-order valence-corrected chi connectivity index (χ1v) is 9.03. The predicted molar refractivity (Wildman–Crippen MR) is 114 cm³/mol. The number of benzene rings is 3. The maximum atomic E-state index is 11.9. The summed E-state index contributed by atoms with van der Waals surface area (Å²) in [5.41, 5.74) is 11.3. The Morgan fingerprint density at radius 2 is 1.29 bits per heavy atom. The molecular weight excluding hydrogens is 346 g/mol. The monoisotopic (exact) mass is 367 g/mol. The normalized spacial score (nSPS) is 11.9. The second kappa shape index (κ2) is 9.28. The van der Waals surface area contributed by atoms with E-state index in [0.29, 0.717) is 0 Å². The summed E-state index contributed by atoms with van der Waals surface area (Å²) >= 11 is 0. The molecule has 3 nitrogen and oxygen atoms in total. The molecule has 0 aromatic heterocycles. The number of nitrogens with two attached hydrogens (primary N) is 1. The van der Waals surface area contributed by atoms with Crippen molar-refractivity contribution >= 4 is 29.4 Å². The van der Waals surface area contributed by atoms with Crippen molar-refractivity contribution in [2.45, 2.75) is 6.42 Å². The summed E-state index contributed by atoms with van der Waals surface area (Å²) in [4.78, 5) is 22.4. The Balaban J connectivity index is 2.22. The fourth-order valence-corrected chi connectivity index (χ4v) is 3.18. The van der Waals surface area contributed by atoms with Crippen molar-refractivity contribution in [3.63, 3.8) is 0 Å². The van der Waals surface area contributed by atoms with Crippen LogP contribution in [0.1, 0.15) is 28.7 Å². The van der Waals surface area contributed by atoms with Crippen molar-refractivity contribution in [2.75, 3.05) is 0 Å². The minimum atomic E-state index is -0.377. The summed E-state index contributed by atoms with van der Waals surface area (Å²) in [5.74, 6) is -0.377. The van der Waals surface area contributed by atoms with Gasteiger partial charge >= 0.3 is 0 Å². The summed E-state index contributed by atoms with van der Waals surface area (Å²) in [7, 11) is 0. The number of carbonyl (C=O) groups excluding carboxylic acids is 2. The summed E-state index contributed by atoms with van der Waals surface area (Å²) in [6, 6.07) is 27.7. The van der Waals surface area contributed by atoms with E-state index in [1.807, 2.05) is 84.9 Å². The molecule has 0 saturated heterocycles. The van der Waals surface area contributed by atoms with Gasteiger partial charge in [0, 0.05) is 0 Å². The Kier molecular flexibility index (Phi) is 6.32. The van der Waals surface area contributed by atoms with Gasteiger partial charge in [0.25, 0.3) is 0 Å². The highest BCUT2D eigenvalue weighted by atomic mass is 16.1. The number of hydrogen-bond acceptors (Lipinski definition) is 2. The first kappa shape index (κ1) is 19.1. The number of allylic oxidation sites excluding steroid dienone is 1. The van der Waals surface area contributed by atoms with E-state index in [-0.39, 0.29) is 12.3 Å². The molecule has 0 saturated carbocycles. The molecule has 3 aromatic carbocycles. The molecule has 0 radical (unpaired) electrons. The second-order valence-electron chi connectivity index (χ2n) is 6.35. The molecular formula is C25H21NO2. The Bertz CT molecular complexity index is 1000. The average molecular weight is 367 g/mol. The van der Waals surface area contributed by atoms with Gasteiger partial charge in [-0.15, -0.1) is 0 Å². The predicted octanol–water partition coefficient (Wildman–Crippen LogP) is 4.73. The van der Waals surface area contributed by atoms with E-state index in [1.54, 1.807) is 6.08 Å². The van der Waals surface area contributed by atoms with Gasteiger partial charge in [-0.25, -0.2) is 0 Å². The van der Waals surface area contributed by atoms with Crippen molar-refractivity contribution < 1.29 is 9.59 Å². The number of carbonyl (C=O) groups is 2. The highest BCUT2D eigenvalue weighted by Crippen LogP contribution is 2.34. The molecule has 0 heterocycles.